The molecule has 0 amide bonds. The molecule has 2 N–H and O–H groups in total. The van der Waals surface area contributed by atoms with Crippen LogP contribution in [0.2, 0.25) is 0 Å². The molecule has 1 heterocycles. The average molecular weight is 302 g/mol. The van der Waals surface area contributed by atoms with Crippen LogP contribution in [0, 0.1) is 6.92 Å². The van der Waals surface area contributed by atoms with Gasteiger partial charge in [-0.25, -0.2) is 0 Å². The van der Waals surface area contributed by atoms with Crippen LogP contribution in [0.15, 0.2) is 36.5 Å². The van der Waals surface area contributed by atoms with Gasteiger partial charge in [-0.05, 0) is 49.7 Å². The molecule has 0 radical (unpaired) electrons. The molecule has 0 bridgehead atoms. The number of benzene rings is 1. The van der Waals surface area contributed by atoms with Crippen LogP contribution in [-0.2, 0) is 13.0 Å². The van der Waals surface area contributed by atoms with E-state index in [4.69, 9.17) is 12.2 Å². The highest BCUT2D eigenvalue weighted by atomic mass is 32.1. The molecule has 0 unspecified atom stereocenters. The van der Waals surface area contributed by atoms with Crippen LogP contribution in [0.25, 0.3) is 0 Å². The van der Waals surface area contributed by atoms with Gasteiger partial charge in [0, 0.05) is 30.7 Å². The summed E-state index contributed by atoms with van der Waals surface area (Å²) in [7, 11) is 0. The zero-order valence-corrected chi connectivity index (χ0v) is 13.4. The number of hydrogen-bond acceptors (Lipinski definition) is 2. The summed E-state index contributed by atoms with van der Waals surface area (Å²) in [6.45, 7) is 5.94. The van der Waals surface area contributed by atoms with Crippen molar-refractivity contribution in [3.8, 4) is 0 Å². The first-order valence-corrected chi connectivity index (χ1v) is 7.72. The van der Waals surface area contributed by atoms with Crippen molar-refractivity contribution < 1.29 is 0 Å². The standard InChI is InChI=1S/C16H22N4S/c1-3-14-7-4-5-8-15(14)19-16(21)17-10-6-12-20-13(2)9-11-18-20/h4-5,7-9,11H,3,6,10,12H2,1-2H3,(H2,17,19,21). The zero-order valence-electron chi connectivity index (χ0n) is 12.6. The Morgan fingerprint density at radius 3 is 2.81 bits per heavy atom. The Labute approximate surface area is 131 Å². The highest BCUT2D eigenvalue weighted by molar-refractivity contribution is 7.80. The Morgan fingerprint density at radius 1 is 1.29 bits per heavy atom. The van der Waals surface area contributed by atoms with Crippen molar-refractivity contribution in [1.29, 1.82) is 0 Å². The first-order chi connectivity index (χ1) is 10.2. The summed E-state index contributed by atoms with van der Waals surface area (Å²) in [6, 6.07) is 10.3. The Morgan fingerprint density at radius 2 is 2.10 bits per heavy atom. The molecule has 0 saturated heterocycles. The number of rotatable bonds is 6. The van der Waals surface area contributed by atoms with Gasteiger partial charge < -0.3 is 10.6 Å². The maximum absolute atomic E-state index is 5.34. The van der Waals surface area contributed by atoms with Gasteiger partial charge in [-0.2, -0.15) is 5.10 Å². The van der Waals surface area contributed by atoms with Crippen LogP contribution in [0.4, 0.5) is 5.69 Å². The molecule has 1 aromatic carbocycles. The van der Waals surface area contributed by atoms with E-state index in [9.17, 15) is 0 Å². The van der Waals surface area contributed by atoms with E-state index in [0.29, 0.717) is 5.11 Å². The van der Waals surface area contributed by atoms with Gasteiger partial charge >= 0.3 is 0 Å². The highest BCUT2D eigenvalue weighted by Crippen LogP contribution is 2.15. The third kappa shape index (κ3) is 4.56. The molecule has 0 atom stereocenters. The van der Waals surface area contributed by atoms with Gasteiger partial charge in [0.1, 0.15) is 0 Å². The number of hydrogen-bond donors (Lipinski definition) is 2. The number of nitrogens with one attached hydrogen (secondary N) is 2. The van der Waals surface area contributed by atoms with Crippen LogP contribution in [0.1, 0.15) is 24.6 Å². The maximum Gasteiger partial charge on any atom is 0.170 e. The van der Waals surface area contributed by atoms with Gasteiger partial charge in [-0.15, -0.1) is 0 Å². The lowest BCUT2D eigenvalue weighted by Gasteiger charge is -2.13. The van der Waals surface area contributed by atoms with E-state index in [1.54, 1.807) is 0 Å². The van der Waals surface area contributed by atoms with Crippen molar-refractivity contribution in [1.82, 2.24) is 15.1 Å². The highest BCUT2D eigenvalue weighted by Gasteiger charge is 2.02. The molecule has 0 aliphatic rings. The van der Waals surface area contributed by atoms with Gasteiger partial charge in [-0.3, -0.25) is 4.68 Å². The van der Waals surface area contributed by atoms with Crippen molar-refractivity contribution in [2.75, 3.05) is 11.9 Å². The normalized spacial score (nSPS) is 10.4. The number of anilines is 1. The van der Waals surface area contributed by atoms with Gasteiger partial charge in [0.2, 0.25) is 0 Å². The molecule has 0 spiro atoms. The summed E-state index contributed by atoms with van der Waals surface area (Å²) in [5.74, 6) is 0. The monoisotopic (exact) mass is 302 g/mol. The number of para-hydroxylation sites is 1. The predicted octanol–water partition coefficient (Wildman–Crippen LogP) is 3.13. The minimum atomic E-state index is 0.674. The molecule has 112 valence electrons. The Balaban J connectivity index is 1.74. The van der Waals surface area contributed by atoms with E-state index in [2.05, 4.69) is 41.7 Å². The van der Waals surface area contributed by atoms with Crippen LogP contribution in [0.5, 0.6) is 0 Å². The van der Waals surface area contributed by atoms with Crippen molar-refractivity contribution in [2.45, 2.75) is 33.2 Å². The van der Waals surface area contributed by atoms with Crippen molar-refractivity contribution in [3.63, 3.8) is 0 Å². The smallest absolute Gasteiger partial charge is 0.170 e. The summed E-state index contributed by atoms with van der Waals surface area (Å²) in [5, 5.41) is 11.4. The van der Waals surface area contributed by atoms with Crippen LogP contribution in [-0.4, -0.2) is 21.4 Å². The summed E-state index contributed by atoms with van der Waals surface area (Å²) in [4.78, 5) is 0. The molecule has 0 fully saturated rings. The van der Waals surface area contributed by atoms with Crippen LogP contribution in [0.3, 0.4) is 0 Å². The Kier molecular flexibility index (Phi) is 5.75. The van der Waals surface area contributed by atoms with E-state index in [1.807, 2.05) is 29.1 Å². The van der Waals surface area contributed by atoms with Crippen molar-refractivity contribution in [3.05, 3.63) is 47.8 Å². The van der Waals surface area contributed by atoms with Crippen LogP contribution < -0.4 is 10.6 Å². The molecule has 21 heavy (non-hydrogen) atoms. The molecular formula is C16H22N4S. The minimum absolute atomic E-state index is 0.674. The lowest BCUT2D eigenvalue weighted by atomic mass is 10.1. The summed E-state index contributed by atoms with van der Waals surface area (Å²) < 4.78 is 2.00. The first-order valence-electron chi connectivity index (χ1n) is 7.32. The molecule has 5 heteroatoms. The van der Waals surface area contributed by atoms with E-state index in [1.165, 1.54) is 11.3 Å². The largest absolute Gasteiger partial charge is 0.362 e. The fraction of sp³-hybridized carbons (Fsp3) is 0.375. The molecule has 0 aliphatic carbocycles. The molecule has 2 aromatic rings. The molecule has 0 aliphatic heterocycles. The zero-order chi connectivity index (χ0) is 15.1. The third-order valence-electron chi connectivity index (χ3n) is 3.41. The van der Waals surface area contributed by atoms with E-state index in [-0.39, 0.29) is 0 Å². The SMILES string of the molecule is CCc1ccccc1NC(=S)NCCCn1nccc1C. The lowest BCUT2D eigenvalue weighted by molar-refractivity contribution is 0.561. The third-order valence-corrected chi connectivity index (χ3v) is 3.65. The number of aryl methyl sites for hydroxylation is 3. The molecule has 0 saturated carbocycles. The van der Waals surface area contributed by atoms with E-state index >= 15 is 0 Å². The summed E-state index contributed by atoms with van der Waals surface area (Å²) in [5.41, 5.74) is 3.54. The summed E-state index contributed by atoms with van der Waals surface area (Å²) >= 11 is 5.34. The lowest BCUT2D eigenvalue weighted by Crippen LogP contribution is -2.30. The predicted molar refractivity (Wildman–Crippen MR) is 91.6 cm³/mol. The molecule has 2 rings (SSSR count). The second-order valence-corrected chi connectivity index (χ2v) is 5.35. The van der Waals surface area contributed by atoms with Gasteiger partial charge in [0.25, 0.3) is 0 Å². The fourth-order valence-electron chi connectivity index (χ4n) is 2.18. The average Bonchev–Trinajstić information content (AvgIpc) is 2.89. The fourth-order valence-corrected chi connectivity index (χ4v) is 2.39. The maximum atomic E-state index is 5.34. The van der Waals surface area contributed by atoms with Crippen molar-refractivity contribution in [2.24, 2.45) is 0 Å². The van der Waals surface area contributed by atoms with Gasteiger partial charge in [0.05, 0.1) is 0 Å². The Bertz CT molecular complexity index is 591. The van der Waals surface area contributed by atoms with Crippen molar-refractivity contribution >= 4 is 23.0 Å². The molecule has 4 nitrogen and oxygen atoms in total. The number of aromatic nitrogens is 2. The minimum Gasteiger partial charge on any atom is -0.362 e. The Hall–Kier alpha value is -1.88. The first kappa shape index (κ1) is 15.5. The second kappa shape index (κ2) is 7.78. The van der Waals surface area contributed by atoms with Crippen LogP contribution >= 0.6 is 12.2 Å². The van der Waals surface area contributed by atoms with Gasteiger partial charge in [0.15, 0.2) is 5.11 Å². The summed E-state index contributed by atoms with van der Waals surface area (Å²) in [6.07, 6.45) is 3.81. The topological polar surface area (TPSA) is 41.9 Å². The van der Waals surface area contributed by atoms with E-state index < -0.39 is 0 Å². The van der Waals surface area contributed by atoms with Gasteiger partial charge in [-0.1, -0.05) is 25.1 Å². The molecule has 1 aromatic heterocycles. The molecular weight excluding hydrogens is 280 g/mol. The number of nitrogens with zero attached hydrogens (tertiary/aromatic N) is 2. The second-order valence-electron chi connectivity index (χ2n) is 4.94. The number of thiocarbonyl (C=S) groups is 1. The van der Waals surface area contributed by atoms with E-state index in [0.717, 1.165) is 31.6 Å². The quantitative estimate of drug-likeness (QED) is 0.635.